The summed E-state index contributed by atoms with van der Waals surface area (Å²) >= 11 is 0. The molecule has 0 bridgehead atoms. The molecule has 0 atom stereocenters. The molecule has 0 heterocycles. The van der Waals surface area contributed by atoms with Crippen molar-refractivity contribution in [3.63, 3.8) is 0 Å². The molecule has 0 aromatic heterocycles. The highest BCUT2D eigenvalue weighted by Gasteiger charge is 1.97. The van der Waals surface area contributed by atoms with Crippen LogP contribution in [-0.4, -0.2) is 0 Å². The molecule has 0 aliphatic carbocycles. The lowest BCUT2D eigenvalue weighted by Crippen LogP contribution is -1.82. The minimum absolute atomic E-state index is 0.428. The van der Waals surface area contributed by atoms with Gasteiger partial charge in [0, 0.05) is 4.11 Å². The molecule has 0 saturated carbocycles. The van der Waals surface area contributed by atoms with Crippen molar-refractivity contribution in [1.82, 2.24) is 0 Å². The van der Waals surface area contributed by atoms with Crippen LogP contribution in [0, 0.1) is 13.8 Å². The monoisotopic (exact) mass is 185 g/mol. The molecule has 0 aliphatic rings. The maximum atomic E-state index is 7.42. The Morgan fingerprint density at radius 3 is 2.29 bits per heavy atom. The van der Waals surface area contributed by atoms with Gasteiger partial charge >= 0.3 is 0 Å². The third-order valence-corrected chi connectivity index (χ3v) is 2.33. The van der Waals surface area contributed by atoms with Gasteiger partial charge in [-0.15, -0.1) is 0 Å². The van der Waals surface area contributed by atoms with Crippen molar-refractivity contribution in [1.29, 1.82) is 0 Å². The summed E-state index contributed by atoms with van der Waals surface area (Å²) in [5.74, 6) is 0. The van der Waals surface area contributed by atoms with Crippen LogP contribution in [0.15, 0.2) is 48.5 Å². The number of aryl methyl sites for hydroxylation is 2. The lowest BCUT2D eigenvalue weighted by atomic mass is 10.0. The molecule has 0 unspecified atom stereocenters. The third-order valence-electron chi connectivity index (χ3n) is 2.33. The molecule has 0 fully saturated rings. The van der Waals surface area contributed by atoms with Crippen LogP contribution in [0.1, 0.15) is 15.2 Å². The highest BCUT2D eigenvalue weighted by molar-refractivity contribution is 5.64. The van der Waals surface area contributed by atoms with Crippen LogP contribution in [0.2, 0.25) is 0 Å². The van der Waals surface area contributed by atoms with E-state index < -0.39 is 6.85 Å². The summed E-state index contributed by atoms with van der Waals surface area (Å²) < 4.78 is 22.3. The van der Waals surface area contributed by atoms with Crippen LogP contribution in [0.3, 0.4) is 0 Å². The van der Waals surface area contributed by atoms with Gasteiger partial charge in [-0.2, -0.15) is 0 Å². The molecule has 0 aliphatic heterocycles. The Kier molecular flexibility index (Phi) is 1.58. The molecule has 14 heavy (non-hydrogen) atoms. The average Bonchev–Trinajstić information content (AvgIpc) is 2.28. The fraction of sp³-hybridized carbons (Fsp3) is 0.143. The van der Waals surface area contributed by atoms with Gasteiger partial charge < -0.3 is 0 Å². The Morgan fingerprint density at radius 2 is 1.64 bits per heavy atom. The van der Waals surface area contributed by atoms with Gasteiger partial charge in [0.05, 0.1) is 0 Å². The first-order valence-electron chi connectivity index (χ1n) is 6.15. The van der Waals surface area contributed by atoms with E-state index in [0.29, 0.717) is 5.56 Å². The smallest absolute Gasteiger partial charge is 0.0280 e. The second kappa shape index (κ2) is 3.67. The topological polar surface area (TPSA) is 0 Å². The van der Waals surface area contributed by atoms with Crippen LogP contribution in [0.25, 0.3) is 11.1 Å². The van der Waals surface area contributed by atoms with E-state index in [1.165, 1.54) is 0 Å². The van der Waals surface area contributed by atoms with Crippen LogP contribution >= 0.6 is 0 Å². The van der Waals surface area contributed by atoms with E-state index in [2.05, 4.69) is 0 Å². The van der Waals surface area contributed by atoms with E-state index in [0.717, 1.165) is 16.7 Å². The molecular weight excluding hydrogens is 168 g/mol. The highest BCUT2D eigenvalue weighted by atomic mass is 14.0. The van der Waals surface area contributed by atoms with E-state index in [1.807, 2.05) is 49.4 Å². The van der Waals surface area contributed by atoms with Gasteiger partial charge in [-0.1, -0.05) is 48.5 Å². The first-order valence-corrected chi connectivity index (χ1v) is 4.65. The predicted octanol–water partition coefficient (Wildman–Crippen LogP) is 3.97. The van der Waals surface area contributed by atoms with Crippen molar-refractivity contribution in [3.05, 3.63) is 59.7 Å². The van der Waals surface area contributed by atoms with Gasteiger partial charge in [0.15, 0.2) is 0 Å². The minimum atomic E-state index is -2.03. The average molecular weight is 185 g/mol. The van der Waals surface area contributed by atoms with Crippen molar-refractivity contribution < 1.29 is 4.11 Å². The molecule has 0 N–H and O–H groups in total. The van der Waals surface area contributed by atoms with Crippen LogP contribution in [0.5, 0.6) is 0 Å². The zero-order valence-electron chi connectivity index (χ0n) is 11.1. The zero-order chi connectivity index (χ0) is 12.5. The summed E-state index contributed by atoms with van der Waals surface area (Å²) in [7, 11) is 0. The van der Waals surface area contributed by atoms with E-state index >= 15 is 0 Å². The van der Waals surface area contributed by atoms with Gasteiger partial charge in [-0.05, 0) is 36.0 Å². The van der Waals surface area contributed by atoms with Gasteiger partial charge in [-0.3, -0.25) is 0 Å². The van der Waals surface area contributed by atoms with E-state index in [9.17, 15) is 0 Å². The summed E-state index contributed by atoms with van der Waals surface area (Å²) in [4.78, 5) is 0. The fourth-order valence-corrected chi connectivity index (χ4v) is 1.47. The van der Waals surface area contributed by atoms with Crippen molar-refractivity contribution in [2.75, 3.05) is 0 Å². The summed E-state index contributed by atoms with van der Waals surface area (Å²) in [6.45, 7) is -0.187. The number of rotatable bonds is 1. The van der Waals surface area contributed by atoms with E-state index in [-0.39, 0.29) is 0 Å². The van der Waals surface area contributed by atoms with Gasteiger partial charge in [-0.25, -0.2) is 0 Å². The Hall–Kier alpha value is -1.56. The standard InChI is InChI=1S/C14H14/c1-11-8-9-14(10-12(11)2)13-6-4-3-5-7-13/h3-10H,1-2H3/i1D3. The normalized spacial score (nSPS) is 14.2. The molecule has 2 rings (SSSR count). The van der Waals surface area contributed by atoms with Crippen LogP contribution in [0.4, 0.5) is 0 Å². The summed E-state index contributed by atoms with van der Waals surface area (Å²) in [5, 5.41) is 0. The Bertz CT molecular complexity index is 513. The number of hydrogen-bond donors (Lipinski definition) is 0. The SMILES string of the molecule is [2H]C([2H])([2H])c1ccc(-c2ccccc2)cc1C. The minimum Gasteiger partial charge on any atom is -0.0622 e. The lowest BCUT2D eigenvalue weighted by Gasteiger charge is -2.04. The molecule has 0 radical (unpaired) electrons. The van der Waals surface area contributed by atoms with Crippen LogP contribution in [-0.2, 0) is 0 Å². The van der Waals surface area contributed by atoms with Crippen molar-refractivity contribution in [2.24, 2.45) is 0 Å². The summed E-state index contributed by atoms with van der Waals surface area (Å²) in [6, 6.07) is 15.4. The molecule has 70 valence electrons. The maximum Gasteiger partial charge on any atom is 0.0280 e. The maximum absolute atomic E-state index is 7.42. The van der Waals surface area contributed by atoms with Crippen molar-refractivity contribution >= 4 is 0 Å². The Balaban J connectivity index is 2.45. The van der Waals surface area contributed by atoms with Crippen LogP contribution < -0.4 is 0 Å². The van der Waals surface area contributed by atoms with E-state index in [1.54, 1.807) is 6.07 Å². The third kappa shape index (κ3) is 1.69. The van der Waals surface area contributed by atoms with Crippen molar-refractivity contribution in [3.8, 4) is 11.1 Å². The number of benzene rings is 2. The lowest BCUT2D eigenvalue weighted by molar-refractivity contribution is 1.34. The molecule has 2 aromatic carbocycles. The molecule has 2 aromatic rings. The summed E-state index contributed by atoms with van der Waals surface area (Å²) in [6.07, 6.45) is 0. The molecule has 0 saturated heterocycles. The highest BCUT2D eigenvalue weighted by Crippen LogP contribution is 2.21. The quantitative estimate of drug-likeness (QED) is 0.630. The van der Waals surface area contributed by atoms with Gasteiger partial charge in [0.25, 0.3) is 0 Å². The molecule has 0 nitrogen and oxygen atoms in total. The molecular formula is C14H14. The molecule has 0 amide bonds. The first-order chi connectivity index (χ1) is 7.98. The van der Waals surface area contributed by atoms with Crippen molar-refractivity contribution in [2.45, 2.75) is 13.8 Å². The fourth-order valence-electron chi connectivity index (χ4n) is 1.47. The van der Waals surface area contributed by atoms with E-state index in [4.69, 9.17) is 4.11 Å². The zero-order valence-corrected chi connectivity index (χ0v) is 8.12. The predicted molar refractivity (Wildman–Crippen MR) is 61.4 cm³/mol. The largest absolute Gasteiger partial charge is 0.0622 e. The Morgan fingerprint density at radius 1 is 0.857 bits per heavy atom. The first kappa shape index (κ1) is 6.02. The van der Waals surface area contributed by atoms with Gasteiger partial charge in [0.2, 0.25) is 0 Å². The molecule has 0 heteroatoms. The van der Waals surface area contributed by atoms with Gasteiger partial charge in [0.1, 0.15) is 0 Å². The molecule has 0 spiro atoms. The second-order valence-electron chi connectivity index (χ2n) is 3.40. The summed E-state index contributed by atoms with van der Waals surface area (Å²) in [5.41, 5.74) is 3.40. The second-order valence-corrected chi connectivity index (χ2v) is 3.40. The number of hydrogen-bond acceptors (Lipinski definition) is 0. The Labute approximate surface area is 89.4 Å².